The van der Waals surface area contributed by atoms with Crippen LogP contribution in [-0.2, 0) is 14.3 Å². The number of hydrogen-bond donors (Lipinski definition) is 0. The Morgan fingerprint density at radius 1 is 1.11 bits per heavy atom. The summed E-state index contributed by atoms with van der Waals surface area (Å²) in [5.74, 6) is 0.194. The van der Waals surface area contributed by atoms with Gasteiger partial charge in [0.15, 0.2) is 0 Å². The summed E-state index contributed by atoms with van der Waals surface area (Å²) in [5.41, 5.74) is 0. The van der Waals surface area contributed by atoms with Crippen LogP contribution in [0.15, 0.2) is 0 Å². The molecule has 19 heavy (non-hydrogen) atoms. The normalized spacial score (nSPS) is 21.3. The predicted molar refractivity (Wildman–Crippen MR) is 68.7 cm³/mol. The molecule has 0 aliphatic carbocycles. The van der Waals surface area contributed by atoms with Crippen LogP contribution in [0.1, 0.15) is 19.3 Å². The second-order valence-corrected chi connectivity index (χ2v) is 5.09. The second-order valence-electron chi connectivity index (χ2n) is 5.09. The molecule has 6 nitrogen and oxygen atoms in total. The number of carbonyl (C=O) groups is 2. The molecule has 0 spiro atoms. The molecule has 0 N–H and O–H groups in total. The zero-order valence-electron chi connectivity index (χ0n) is 11.5. The van der Waals surface area contributed by atoms with E-state index in [9.17, 15) is 9.59 Å². The fourth-order valence-corrected chi connectivity index (χ4v) is 2.60. The van der Waals surface area contributed by atoms with E-state index in [2.05, 4.69) is 4.74 Å². The second kappa shape index (κ2) is 6.75. The van der Waals surface area contributed by atoms with E-state index in [1.807, 2.05) is 9.80 Å². The van der Waals surface area contributed by atoms with Gasteiger partial charge in [-0.25, -0.2) is 4.79 Å². The lowest BCUT2D eigenvalue weighted by Crippen LogP contribution is -2.50. The lowest BCUT2D eigenvalue weighted by atomic mass is 9.94. The molecule has 0 aromatic rings. The first-order valence-corrected chi connectivity index (χ1v) is 6.89. The van der Waals surface area contributed by atoms with Gasteiger partial charge in [0, 0.05) is 32.6 Å². The zero-order chi connectivity index (χ0) is 13.7. The summed E-state index contributed by atoms with van der Waals surface area (Å²) in [7, 11) is 1.42. The van der Waals surface area contributed by atoms with Crippen LogP contribution in [0.3, 0.4) is 0 Å². The lowest BCUT2D eigenvalue weighted by molar-refractivity contribution is -0.142. The molecule has 6 heteroatoms. The number of likely N-dealkylation sites (tertiary alicyclic amines) is 1. The van der Waals surface area contributed by atoms with E-state index in [4.69, 9.17) is 4.74 Å². The molecular weight excluding hydrogens is 248 g/mol. The number of hydrogen-bond acceptors (Lipinski definition) is 4. The largest absolute Gasteiger partial charge is 0.469 e. The smallest absolute Gasteiger partial charge is 0.320 e. The first kappa shape index (κ1) is 14.1. The SMILES string of the molecule is COC(=O)CC1CCN(C(=O)N2CCOCC2)CC1. The first-order valence-electron chi connectivity index (χ1n) is 6.89. The molecule has 2 rings (SSSR count). The minimum absolute atomic E-state index is 0.111. The Labute approximate surface area is 113 Å². The maximum Gasteiger partial charge on any atom is 0.320 e. The number of methoxy groups -OCH3 is 1. The maximum atomic E-state index is 12.2. The number of piperidine rings is 1. The van der Waals surface area contributed by atoms with Crippen LogP contribution in [0.4, 0.5) is 4.79 Å². The van der Waals surface area contributed by atoms with Crippen molar-refractivity contribution in [2.75, 3.05) is 46.5 Å². The highest BCUT2D eigenvalue weighted by Gasteiger charge is 2.28. The molecule has 0 atom stereocenters. The highest BCUT2D eigenvalue weighted by molar-refractivity contribution is 5.74. The van der Waals surface area contributed by atoms with Crippen LogP contribution in [0.25, 0.3) is 0 Å². The third-order valence-electron chi connectivity index (χ3n) is 3.85. The van der Waals surface area contributed by atoms with Crippen LogP contribution >= 0.6 is 0 Å². The Morgan fingerprint density at radius 2 is 1.68 bits per heavy atom. The quantitative estimate of drug-likeness (QED) is 0.694. The topological polar surface area (TPSA) is 59.1 Å². The third-order valence-corrected chi connectivity index (χ3v) is 3.85. The predicted octanol–water partition coefficient (Wildman–Crippen LogP) is 0.714. The molecule has 0 unspecified atom stereocenters. The van der Waals surface area contributed by atoms with E-state index < -0.39 is 0 Å². The van der Waals surface area contributed by atoms with Gasteiger partial charge in [-0.1, -0.05) is 0 Å². The maximum absolute atomic E-state index is 12.2. The van der Waals surface area contributed by atoms with Crippen molar-refractivity contribution in [2.24, 2.45) is 5.92 Å². The van der Waals surface area contributed by atoms with Crippen LogP contribution in [0.2, 0.25) is 0 Å². The monoisotopic (exact) mass is 270 g/mol. The summed E-state index contributed by atoms with van der Waals surface area (Å²) in [6.45, 7) is 4.09. The number of nitrogens with zero attached hydrogens (tertiary/aromatic N) is 2. The van der Waals surface area contributed by atoms with Gasteiger partial charge >= 0.3 is 12.0 Å². The van der Waals surface area contributed by atoms with Crippen molar-refractivity contribution in [3.63, 3.8) is 0 Å². The van der Waals surface area contributed by atoms with Crippen molar-refractivity contribution in [1.82, 2.24) is 9.80 Å². The number of carbonyl (C=O) groups excluding carboxylic acids is 2. The fraction of sp³-hybridized carbons (Fsp3) is 0.846. The van der Waals surface area contributed by atoms with Gasteiger partial charge in [0.2, 0.25) is 0 Å². The summed E-state index contributed by atoms with van der Waals surface area (Å²) in [5, 5.41) is 0. The standard InChI is InChI=1S/C13H22N2O4/c1-18-12(16)10-11-2-4-14(5-3-11)13(17)15-6-8-19-9-7-15/h11H,2-10H2,1H3. The lowest BCUT2D eigenvalue weighted by Gasteiger charge is -2.36. The van der Waals surface area contributed by atoms with Crippen molar-refractivity contribution >= 4 is 12.0 Å². The molecule has 2 saturated heterocycles. The summed E-state index contributed by atoms with van der Waals surface area (Å²) >= 11 is 0. The highest BCUT2D eigenvalue weighted by atomic mass is 16.5. The molecule has 0 aromatic heterocycles. The van der Waals surface area contributed by atoms with Gasteiger partial charge < -0.3 is 19.3 Å². The zero-order valence-corrected chi connectivity index (χ0v) is 11.5. The Morgan fingerprint density at radius 3 is 2.26 bits per heavy atom. The Balaban J connectivity index is 1.76. The van der Waals surface area contributed by atoms with E-state index in [1.54, 1.807) is 0 Å². The van der Waals surface area contributed by atoms with E-state index in [-0.39, 0.29) is 12.0 Å². The molecule has 0 radical (unpaired) electrons. The summed E-state index contributed by atoms with van der Waals surface area (Å²) in [6, 6.07) is 0.111. The summed E-state index contributed by atoms with van der Waals surface area (Å²) < 4.78 is 9.93. The van der Waals surface area contributed by atoms with Gasteiger partial charge in [0.05, 0.1) is 20.3 Å². The van der Waals surface area contributed by atoms with Crippen LogP contribution in [0, 0.1) is 5.92 Å². The highest BCUT2D eigenvalue weighted by Crippen LogP contribution is 2.21. The third kappa shape index (κ3) is 3.83. The van der Waals surface area contributed by atoms with Crippen LogP contribution in [-0.4, -0.2) is 68.3 Å². The average molecular weight is 270 g/mol. The van der Waals surface area contributed by atoms with Crippen LogP contribution in [0.5, 0.6) is 0 Å². The Bertz CT molecular complexity index is 321. The first-order chi connectivity index (χ1) is 9.20. The van der Waals surface area contributed by atoms with E-state index in [1.165, 1.54) is 7.11 Å². The molecule has 0 bridgehead atoms. The number of ether oxygens (including phenoxy) is 2. The van der Waals surface area contributed by atoms with Crippen molar-refractivity contribution in [1.29, 1.82) is 0 Å². The van der Waals surface area contributed by atoms with E-state index in [0.29, 0.717) is 38.6 Å². The Hall–Kier alpha value is -1.30. The van der Waals surface area contributed by atoms with Crippen LogP contribution < -0.4 is 0 Å². The molecule has 2 amide bonds. The molecular formula is C13H22N2O4. The summed E-state index contributed by atoms with van der Waals surface area (Å²) in [6.07, 6.45) is 2.23. The summed E-state index contributed by atoms with van der Waals surface area (Å²) in [4.78, 5) is 27.2. The number of esters is 1. The van der Waals surface area contributed by atoms with E-state index >= 15 is 0 Å². The number of urea groups is 1. The van der Waals surface area contributed by atoms with Gasteiger partial charge in [-0.05, 0) is 18.8 Å². The Kier molecular flexibility index (Phi) is 5.01. The minimum atomic E-state index is -0.155. The number of amides is 2. The number of rotatable bonds is 2. The van der Waals surface area contributed by atoms with Crippen molar-refractivity contribution in [2.45, 2.75) is 19.3 Å². The van der Waals surface area contributed by atoms with Crippen molar-refractivity contribution < 1.29 is 19.1 Å². The van der Waals surface area contributed by atoms with Crippen molar-refractivity contribution in [3.8, 4) is 0 Å². The van der Waals surface area contributed by atoms with E-state index in [0.717, 1.165) is 25.9 Å². The molecule has 2 aliphatic rings. The van der Waals surface area contributed by atoms with Gasteiger partial charge in [-0.15, -0.1) is 0 Å². The molecule has 108 valence electrons. The molecule has 0 saturated carbocycles. The minimum Gasteiger partial charge on any atom is -0.469 e. The molecule has 2 aliphatic heterocycles. The van der Waals surface area contributed by atoms with Gasteiger partial charge in [0.1, 0.15) is 0 Å². The van der Waals surface area contributed by atoms with Gasteiger partial charge in [-0.2, -0.15) is 0 Å². The molecule has 2 fully saturated rings. The molecule has 0 aromatic carbocycles. The van der Waals surface area contributed by atoms with Gasteiger partial charge in [0.25, 0.3) is 0 Å². The molecule has 2 heterocycles. The van der Waals surface area contributed by atoms with Gasteiger partial charge in [-0.3, -0.25) is 4.79 Å². The average Bonchev–Trinajstić information content (AvgIpc) is 2.48. The van der Waals surface area contributed by atoms with Crippen molar-refractivity contribution in [3.05, 3.63) is 0 Å². The number of morpholine rings is 1. The fourth-order valence-electron chi connectivity index (χ4n) is 2.60.